The van der Waals surface area contributed by atoms with Crippen molar-refractivity contribution in [2.24, 2.45) is 0 Å². The maximum Gasteiger partial charge on any atom is 0.128 e. The summed E-state index contributed by atoms with van der Waals surface area (Å²) in [6.45, 7) is 0.373. The molecule has 17 heavy (non-hydrogen) atoms. The quantitative estimate of drug-likeness (QED) is 0.747. The van der Waals surface area contributed by atoms with Gasteiger partial charge in [0, 0.05) is 10.9 Å². The van der Waals surface area contributed by atoms with E-state index >= 15 is 0 Å². The summed E-state index contributed by atoms with van der Waals surface area (Å²) in [7, 11) is 0. The van der Waals surface area contributed by atoms with Gasteiger partial charge in [-0.3, -0.25) is 0 Å². The Morgan fingerprint density at radius 2 is 1.88 bits per heavy atom. The molecule has 1 aliphatic rings. The summed E-state index contributed by atoms with van der Waals surface area (Å²) in [6, 6.07) is 6.84. The summed E-state index contributed by atoms with van der Waals surface area (Å²) in [5.41, 5.74) is 0.568. The molecule has 1 aromatic carbocycles. The van der Waals surface area contributed by atoms with Gasteiger partial charge in [-0.2, -0.15) is 0 Å². The molecule has 1 nitrogen and oxygen atoms in total. The van der Waals surface area contributed by atoms with Gasteiger partial charge in [0.15, 0.2) is 0 Å². The van der Waals surface area contributed by atoms with Crippen molar-refractivity contribution in [2.45, 2.75) is 44.3 Å². The number of hydrogen-bond donors (Lipinski definition) is 0. The van der Waals surface area contributed by atoms with Crippen LogP contribution in [0.4, 0.5) is 4.39 Å². The van der Waals surface area contributed by atoms with Crippen molar-refractivity contribution >= 4 is 15.9 Å². The molecule has 1 fully saturated rings. The maximum absolute atomic E-state index is 13.5. The Labute approximate surface area is 110 Å². The van der Waals surface area contributed by atoms with Crippen LogP contribution >= 0.6 is 15.9 Å². The minimum Gasteiger partial charge on any atom is -0.369 e. The van der Waals surface area contributed by atoms with Crippen molar-refractivity contribution in [3.05, 3.63) is 35.6 Å². The lowest BCUT2D eigenvalue weighted by atomic mass is 9.86. The number of alkyl halides is 1. The van der Waals surface area contributed by atoms with Crippen LogP contribution in [-0.4, -0.2) is 10.9 Å². The summed E-state index contributed by atoms with van der Waals surface area (Å²) in [6.07, 6.45) is 5.86. The van der Waals surface area contributed by atoms with E-state index in [1.165, 1.54) is 25.3 Å². The van der Waals surface area contributed by atoms with Crippen molar-refractivity contribution in [3.63, 3.8) is 0 Å². The fraction of sp³-hybridized carbons (Fsp3) is 0.571. The zero-order valence-electron chi connectivity index (χ0n) is 9.92. The molecule has 0 amide bonds. The summed E-state index contributed by atoms with van der Waals surface area (Å²) in [5, 5.41) is 0.842. The fourth-order valence-corrected chi connectivity index (χ4v) is 3.08. The van der Waals surface area contributed by atoms with E-state index in [-0.39, 0.29) is 11.4 Å². The molecule has 0 aromatic heterocycles. The molecule has 1 aliphatic carbocycles. The summed E-state index contributed by atoms with van der Waals surface area (Å²) in [5.74, 6) is -0.173. The zero-order chi connectivity index (χ0) is 12.1. The first-order valence-corrected chi connectivity index (χ1v) is 7.31. The fourth-order valence-electron chi connectivity index (χ4n) is 2.36. The van der Waals surface area contributed by atoms with Gasteiger partial charge >= 0.3 is 0 Å². The number of ether oxygens (including phenoxy) is 1. The van der Waals surface area contributed by atoms with Crippen molar-refractivity contribution < 1.29 is 9.13 Å². The van der Waals surface area contributed by atoms with Gasteiger partial charge in [0.1, 0.15) is 5.82 Å². The Bertz CT molecular complexity index is 361. The first-order chi connectivity index (χ1) is 8.26. The lowest BCUT2D eigenvalue weighted by Crippen LogP contribution is -2.36. The van der Waals surface area contributed by atoms with E-state index in [9.17, 15) is 4.39 Å². The van der Waals surface area contributed by atoms with Crippen molar-refractivity contribution in [1.29, 1.82) is 0 Å². The lowest BCUT2D eigenvalue weighted by Gasteiger charge is -2.35. The molecule has 0 atom stereocenters. The van der Waals surface area contributed by atoms with Gasteiger partial charge in [-0.1, -0.05) is 53.4 Å². The van der Waals surface area contributed by atoms with Crippen molar-refractivity contribution in [1.82, 2.24) is 0 Å². The zero-order valence-corrected chi connectivity index (χ0v) is 11.5. The van der Waals surface area contributed by atoms with Gasteiger partial charge < -0.3 is 4.74 Å². The molecular weight excluding hydrogens is 283 g/mol. The first kappa shape index (κ1) is 13.0. The van der Waals surface area contributed by atoms with Gasteiger partial charge in [0.05, 0.1) is 12.2 Å². The second kappa shape index (κ2) is 5.96. The minimum absolute atomic E-state index is 0.0828. The predicted octanol–water partition coefficient (Wildman–Crippen LogP) is 4.44. The Morgan fingerprint density at radius 1 is 1.18 bits per heavy atom. The van der Waals surface area contributed by atoms with Crippen LogP contribution in [0.1, 0.15) is 37.7 Å². The monoisotopic (exact) mass is 300 g/mol. The van der Waals surface area contributed by atoms with Gasteiger partial charge in [0.25, 0.3) is 0 Å². The molecule has 0 radical (unpaired) electrons. The molecule has 0 heterocycles. The average Bonchev–Trinajstić information content (AvgIpc) is 2.39. The molecule has 0 spiro atoms. The average molecular weight is 301 g/mol. The van der Waals surface area contributed by atoms with E-state index in [4.69, 9.17) is 4.74 Å². The third kappa shape index (κ3) is 3.29. The minimum atomic E-state index is -0.173. The summed E-state index contributed by atoms with van der Waals surface area (Å²) in [4.78, 5) is 0. The van der Waals surface area contributed by atoms with Crippen LogP contribution in [0.5, 0.6) is 0 Å². The smallest absolute Gasteiger partial charge is 0.128 e. The highest BCUT2D eigenvalue weighted by molar-refractivity contribution is 9.09. The van der Waals surface area contributed by atoms with Gasteiger partial charge in [0.2, 0.25) is 0 Å². The van der Waals surface area contributed by atoms with Crippen molar-refractivity contribution in [3.8, 4) is 0 Å². The van der Waals surface area contributed by atoms with Crippen LogP contribution in [0.2, 0.25) is 0 Å². The first-order valence-electron chi connectivity index (χ1n) is 6.19. The maximum atomic E-state index is 13.5. The Kier molecular flexibility index (Phi) is 4.57. The molecule has 1 saturated carbocycles. The molecule has 1 aromatic rings. The number of halogens is 2. The predicted molar refractivity (Wildman–Crippen MR) is 70.8 cm³/mol. The van der Waals surface area contributed by atoms with Crippen LogP contribution in [0, 0.1) is 5.82 Å². The third-order valence-corrected chi connectivity index (χ3v) is 4.52. The van der Waals surface area contributed by atoms with Crippen LogP contribution in [0.3, 0.4) is 0 Å². The number of benzene rings is 1. The van der Waals surface area contributed by atoms with E-state index in [0.29, 0.717) is 12.2 Å². The topological polar surface area (TPSA) is 9.23 Å². The van der Waals surface area contributed by atoms with Gasteiger partial charge in [-0.25, -0.2) is 4.39 Å². The largest absolute Gasteiger partial charge is 0.369 e. The molecule has 0 bridgehead atoms. The van der Waals surface area contributed by atoms with Crippen LogP contribution < -0.4 is 0 Å². The van der Waals surface area contributed by atoms with Gasteiger partial charge in [-0.15, -0.1) is 0 Å². The Morgan fingerprint density at radius 3 is 2.53 bits per heavy atom. The molecule has 0 aliphatic heterocycles. The molecule has 3 heteroatoms. The molecule has 0 unspecified atom stereocenters. The molecule has 0 N–H and O–H groups in total. The molecular formula is C14H18BrFO. The summed E-state index contributed by atoms with van der Waals surface area (Å²) < 4.78 is 19.5. The SMILES string of the molecule is Fc1ccccc1COC1(CBr)CCCCC1. The van der Waals surface area contributed by atoms with Gasteiger partial charge in [-0.05, 0) is 18.9 Å². The van der Waals surface area contributed by atoms with E-state index < -0.39 is 0 Å². The highest BCUT2D eigenvalue weighted by Gasteiger charge is 2.31. The second-order valence-corrected chi connectivity index (χ2v) is 5.32. The second-order valence-electron chi connectivity index (χ2n) is 4.76. The number of rotatable bonds is 4. The van der Waals surface area contributed by atoms with Crippen LogP contribution in [-0.2, 0) is 11.3 Å². The molecule has 2 rings (SSSR count). The molecule has 94 valence electrons. The third-order valence-electron chi connectivity index (χ3n) is 3.50. The van der Waals surface area contributed by atoms with E-state index in [1.807, 2.05) is 6.07 Å². The molecule has 0 saturated heterocycles. The normalized spacial score (nSPS) is 19.2. The highest BCUT2D eigenvalue weighted by atomic mass is 79.9. The van der Waals surface area contributed by atoms with Crippen LogP contribution in [0.15, 0.2) is 24.3 Å². The van der Waals surface area contributed by atoms with Crippen LogP contribution in [0.25, 0.3) is 0 Å². The van der Waals surface area contributed by atoms with Crippen molar-refractivity contribution in [2.75, 3.05) is 5.33 Å². The van der Waals surface area contributed by atoms with E-state index in [2.05, 4.69) is 15.9 Å². The number of hydrogen-bond acceptors (Lipinski definition) is 1. The van der Waals surface area contributed by atoms with E-state index in [1.54, 1.807) is 12.1 Å². The standard InChI is InChI=1S/C14H18BrFO/c15-11-14(8-4-1-5-9-14)17-10-12-6-2-3-7-13(12)16/h2-3,6-7H,1,4-5,8-11H2. The lowest BCUT2D eigenvalue weighted by molar-refractivity contribution is -0.0628. The summed E-state index contributed by atoms with van der Waals surface area (Å²) >= 11 is 3.54. The Hall–Kier alpha value is -0.410. The highest BCUT2D eigenvalue weighted by Crippen LogP contribution is 2.34. The Balaban J connectivity index is 1.98. The van der Waals surface area contributed by atoms with E-state index in [0.717, 1.165) is 18.2 Å².